The molecule has 1 heterocycles. The predicted molar refractivity (Wildman–Crippen MR) is 127 cm³/mol. The lowest BCUT2D eigenvalue weighted by Crippen LogP contribution is -2.40. The highest BCUT2D eigenvalue weighted by atomic mass is 35.5. The molecule has 1 unspecified atom stereocenters. The number of hydrogen-bond acceptors (Lipinski definition) is 2. The zero-order valence-electron chi connectivity index (χ0n) is 18.8. The highest BCUT2D eigenvalue weighted by Gasteiger charge is 2.39. The lowest BCUT2D eigenvalue weighted by atomic mass is 9.84. The van der Waals surface area contributed by atoms with Gasteiger partial charge < -0.3 is 9.64 Å². The largest absolute Gasteiger partial charge is 0.494 e. The summed E-state index contributed by atoms with van der Waals surface area (Å²) in [6.45, 7) is 7.95. The summed E-state index contributed by atoms with van der Waals surface area (Å²) >= 11 is 6.33. The molecule has 1 fully saturated rings. The van der Waals surface area contributed by atoms with Crippen LogP contribution >= 0.6 is 11.6 Å². The lowest BCUT2D eigenvalue weighted by molar-refractivity contribution is -0.134. The second-order valence-corrected chi connectivity index (χ2v) is 9.29. The maximum Gasteiger partial charge on any atom is 0.226 e. The number of ether oxygens (including phenoxy) is 1. The van der Waals surface area contributed by atoms with Crippen LogP contribution in [0.3, 0.4) is 0 Å². The maximum atomic E-state index is 13.2. The molecule has 2 aliphatic rings. The number of benzene rings is 2. The molecule has 1 aliphatic carbocycles. The van der Waals surface area contributed by atoms with Gasteiger partial charge in [-0.15, -0.1) is 0 Å². The quantitative estimate of drug-likeness (QED) is 0.437. The molecule has 31 heavy (non-hydrogen) atoms. The van der Waals surface area contributed by atoms with Crippen molar-refractivity contribution in [1.29, 1.82) is 0 Å². The van der Waals surface area contributed by atoms with E-state index in [-0.39, 0.29) is 12.0 Å². The molecule has 0 radical (unpaired) electrons. The van der Waals surface area contributed by atoms with E-state index in [0.29, 0.717) is 5.91 Å². The van der Waals surface area contributed by atoms with E-state index in [1.165, 1.54) is 22.3 Å². The summed E-state index contributed by atoms with van der Waals surface area (Å²) in [6.07, 6.45) is 5.08. The molecule has 0 aromatic heterocycles. The van der Waals surface area contributed by atoms with Crippen LogP contribution < -0.4 is 4.74 Å². The number of hydrogen-bond donors (Lipinski definition) is 0. The SMILES string of the molecule is CCCCOc1ccc(C2C(C)=C(c3cc(Cl)ccc3C)CCN2C(=O)C2CC2)cc1. The Balaban J connectivity index is 1.70. The number of rotatable bonds is 7. The third-order valence-corrected chi connectivity index (χ3v) is 6.73. The molecule has 164 valence electrons. The zero-order valence-corrected chi connectivity index (χ0v) is 19.5. The first-order valence-corrected chi connectivity index (χ1v) is 11.9. The van der Waals surface area contributed by atoms with Gasteiger partial charge in [-0.05, 0) is 91.6 Å². The maximum absolute atomic E-state index is 13.2. The van der Waals surface area contributed by atoms with Gasteiger partial charge in [0.1, 0.15) is 5.75 Å². The fraction of sp³-hybridized carbons (Fsp3) is 0.444. The average molecular weight is 438 g/mol. The summed E-state index contributed by atoms with van der Waals surface area (Å²) in [5.41, 5.74) is 6.12. The molecule has 4 heteroatoms. The van der Waals surface area contributed by atoms with Gasteiger partial charge in [-0.1, -0.05) is 43.1 Å². The summed E-state index contributed by atoms with van der Waals surface area (Å²) in [4.78, 5) is 15.3. The van der Waals surface area contributed by atoms with Crippen molar-refractivity contribution < 1.29 is 9.53 Å². The van der Waals surface area contributed by atoms with Crippen LogP contribution in [0.5, 0.6) is 5.75 Å². The van der Waals surface area contributed by atoms with Gasteiger partial charge in [0.15, 0.2) is 0 Å². The lowest BCUT2D eigenvalue weighted by Gasteiger charge is -2.39. The smallest absolute Gasteiger partial charge is 0.226 e. The van der Waals surface area contributed by atoms with Crippen LogP contribution in [0.25, 0.3) is 5.57 Å². The summed E-state index contributed by atoms with van der Waals surface area (Å²) in [5, 5.41) is 0.752. The Bertz CT molecular complexity index is 975. The molecule has 0 saturated heterocycles. The van der Waals surface area contributed by atoms with Gasteiger partial charge in [0, 0.05) is 17.5 Å². The molecule has 0 spiro atoms. The highest BCUT2D eigenvalue weighted by Crippen LogP contribution is 2.44. The van der Waals surface area contributed by atoms with Crippen LogP contribution in [-0.4, -0.2) is 24.0 Å². The minimum atomic E-state index is -0.0417. The van der Waals surface area contributed by atoms with Gasteiger partial charge in [0.25, 0.3) is 0 Å². The minimum Gasteiger partial charge on any atom is -0.494 e. The van der Waals surface area contributed by atoms with Crippen molar-refractivity contribution in [3.63, 3.8) is 0 Å². The third kappa shape index (κ3) is 4.82. The molecule has 4 rings (SSSR count). The molecule has 1 atom stereocenters. The minimum absolute atomic E-state index is 0.0417. The van der Waals surface area contributed by atoms with Crippen molar-refractivity contribution >= 4 is 23.1 Å². The van der Waals surface area contributed by atoms with Crippen LogP contribution in [0.2, 0.25) is 5.02 Å². The molecule has 1 amide bonds. The highest BCUT2D eigenvalue weighted by molar-refractivity contribution is 6.30. The number of aryl methyl sites for hydroxylation is 1. The van der Waals surface area contributed by atoms with E-state index in [0.717, 1.165) is 61.6 Å². The fourth-order valence-corrected chi connectivity index (χ4v) is 4.71. The number of halogens is 1. The van der Waals surface area contributed by atoms with Crippen molar-refractivity contribution in [1.82, 2.24) is 4.90 Å². The number of carbonyl (C=O) groups is 1. The molecule has 2 aromatic carbocycles. The van der Waals surface area contributed by atoms with Crippen molar-refractivity contribution in [3.8, 4) is 5.75 Å². The van der Waals surface area contributed by atoms with Gasteiger partial charge in [-0.3, -0.25) is 4.79 Å². The Morgan fingerprint density at radius 1 is 1.13 bits per heavy atom. The summed E-state index contributed by atoms with van der Waals surface area (Å²) in [5.74, 6) is 1.40. The number of unbranched alkanes of at least 4 members (excludes halogenated alkanes) is 1. The topological polar surface area (TPSA) is 29.5 Å². The van der Waals surface area contributed by atoms with E-state index in [1.807, 2.05) is 18.2 Å². The first-order chi connectivity index (χ1) is 15.0. The van der Waals surface area contributed by atoms with Crippen molar-refractivity contribution in [2.75, 3.05) is 13.2 Å². The van der Waals surface area contributed by atoms with E-state index in [2.05, 4.69) is 49.9 Å². The molecular formula is C27H32ClNO2. The second kappa shape index (κ2) is 9.48. The van der Waals surface area contributed by atoms with Crippen molar-refractivity contribution in [2.24, 2.45) is 5.92 Å². The molecule has 2 aromatic rings. The Morgan fingerprint density at radius 3 is 2.55 bits per heavy atom. The van der Waals surface area contributed by atoms with Gasteiger partial charge >= 0.3 is 0 Å². The molecule has 1 saturated carbocycles. The normalized spacial score (nSPS) is 19.0. The molecule has 1 aliphatic heterocycles. The first kappa shape index (κ1) is 22.0. The monoisotopic (exact) mass is 437 g/mol. The zero-order chi connectivity index (χ0) is 22.0. The number of amides is 1. The van der Waals surface area contributed by atoms with Gasteiger partial charge in [-0.25, -0.2) is 0 Å². The Morgan fingerprint density at radius 2 is 1.87 bits per heavy atom. The van der Waals surface area contributed by atoms with Crippen LogP contribution in [0.15, 0.2) is 48.0 Å². The van der Waals surface area contributed by atoms with Gasteiger partial charge in [-0.2, -0.15) is 0 Å². The number of carbonyl (C=O) groups excluding carboxylic acids is 1. The summed E-state index contributed by atoms with van der Waals surface area (Å²) < 4.78 is 5.85. The Hall–Kier alpha value is -2.26. The average Bonchev–Trinajstić information content (AvgIpc) is 3.61. The Kier molecular flexibility index (Phi) is 6.71. The Labute approximate surface area is 191 Å². The molecule has 0 N–H and O–H groups in total. The van der Waals surface area contributed by atoms with E-state index < -0.39 is 0 Å². The van der Waals surface area contributed by atoms with Crippen LogP contribution in [0, 0.1) is 12.8 Å². The van der Waals surface area contributed by atoms with E-state index >= 15 is 0 Å². The summed E-state index contributed by atoms with van der Waals surface area (Å²) in [7, 11) is 0. The van der Waals surface area contributed by atoms with Gasteiger partial charge in [0.2, 0.25) is 5.91 Å². The van der Waals surface area contributed by atoms with Crippen molar-refractivity contribution in [2.45, 2.75) is 58.9 Å². The summed E-state index contributed by atoms with van der Waals surface area (Å²) in [6, 6.07) is 14.4. The van der Waals surface area contributed by atoms with E-state index in [4.69, 9.17) is 16.3 Å². The predicted octanol–water partition coefficient (Wildman–Crippen LogP) is 6.98. The number of nitrogens with zero attached hydrogens (tertiary/aromatic N) is 1. The fourth-order valence-electron chi connectivity index (χ4n) is 4.54. The molecular weight excluding hydrogens is 406 g/mol. The van der Waals surface area contributed by atoms with E-state index in [9.17, 15) is 4.79 Å². The molecule has 0 bridgehead atoms. The first-order valence-electron chi connectivity index (χ1n) is 11.5. The van der Waals surface area contributed by atoms with Crippen LogP contribution in [0.4, 0.5) is 0 Å². The second-order valence-electron chi connectivity index (χ2n) is 8.85. The van der Waals surface area contributed by atoms with Crippen molar-refractivity contribution in [3.05, 3.63) is 69.8 Å². The van der Waals surface area contributed by atoms with Gasteiger partial charge in [0.05, 0.1) is 12.6 Å². The van der Waals surface area contributed by atoms with E-state index in [1.54, 1.807) is 0 Å². The van der Waals surface area contributed by atoms with Crippen LogP contribution in [0.1, 0.15) is 68.7 Å². The third-order valence-electron chi connectivity index (χ3n) is 6.50. The van der Waals surface area contributed by atoms with Crippen LogP contribution in [-0.2, 0) is 4.79 Å². The molecule has 3 nitrogen and oxygen atoms in total. The standard InChI is InChI=1S/C27H32ClNO2/c1-4-5-16-31-23-12-9-20(10-13-23)26-19(3)24(25-17-22(28)11-6-18(25)2)14-15-29(26)27(30)21-7-8-21/h6,9-13,17,21,26H,4-5,7-8,14-16H2,1-3H3.